The van der Waals surface area contributed by atoms with Crippen LogP contribution in [0.25, 0.3) is 0 Å². The van der Waals surface area contributed by atoms with Crippen LogP contribution in [0.15, 0.2) is 36.4 Å². The van der Waals surface area contributed by atoms with Crippen LogP contribution in [-0.4, -0.2) is 38.1 Å². The van der Waals surface area contributed by atoms with Crippen LogP contribution in [0.5, 0.6) is 11.5 Å². The minimum absolute atomic E-state index is 0.0598. The van der Waals surface area contributed by atoms with Gasteiger partial charge in [-0.15, -0.1) is 0 Å². The van der Waals surface area contributed by atoms with Crippen LogP contribution in [0, 0.1) is 6.92 Å². The van der Waals surface area contributed by atoms with Crippen molar-refractivity contribution in [3.63, 3.8) is 0 Å². The number of carbonyl (C=O) groups excluding carboxylic acids is 1. The molecule has 0 bridgehead atoms. The molecule has 1 fully saturated rings. The number of anilines is 1. The van der Waals surface area contributed by atoms with Crippen molar-refractivity contribution in [3.8, 4) is 11.5 Å². The molecule has 144 valence electrons. The molecular formula is C21H25ClN2O3. The van der Waals surface area contributed by atoms with Crippen LogP contribution in [0.2, 0.25) is 5.02 Å². The van der Waals surface area contributed by atoms with Crippen LogP contribution >= 0.6 is 11.6 Å². The van der Waals surface area contributed by atoms with Crippen LogP contribution in [-0.2, 0) is 4.79 Å². The molecule has 2 aromatic rings. The van der Waals surface area contributed by atoms with Crippen molar-refractivity contribution in [1.82, 2.24) is 4.90 Å². The molecule has 0 unspecified atom stereocenters. The first-order chi connectivity index (χ1) is 13.0. The molecule has 1 atom stereocenters. The first-order valence-corrected chi connectivity index (χ1v) is 9.41. The number of carbonyl (C=O) groups is 1. The van der Waals surface area contributed by atoms with Crippen molar-refractivity contribution >= 4 is 23.2 Å². The van der Waals surface area contributed by atoms with E-state index in [1.165, 1.54) is 5.56 Å². The predicted molar refractivity (Wildman–Crippen MR) is 108 cm³/mol. The molecule has 1 aliphatic heterocycles. The summed E-state index contributed by atoms with van der Waals surface area (Å²) in [6.45, 7) is 3.14. The minimum atomic E-state index is -0.0598. The molecule has 27 heavy (non-hydrogen) atoms. The lowest BCUT2D eigenvalue weighted by Gasteiger charge is -2.24. The van der Waals surface area contributed by atoms with Crippen molar-refractivity contribution in [1.29, 1.82) is 0 Å². The maximum absolute atomic E-state index is 12.6. The highest BCUT2D eigenvalue weighted by Crippen LogP contribution is 2.33. The zero-order chi connectivity index (χ0) is 19.4. The van der Waals surface area contributed by atoms with Crippen molar-refractivity contribution in [2.24, 2.45) is 0 Å². The number of aryl methyl sites for hydroxylation is 1. The Morgan fingerprint density at radius 2 is 1.96 bits per heavy atom. The molecule has 5 nitrogen and oxygen atoms in total. The van der Waals surface area contributed by atoms with Crippen molar-refractivity contribution < 1.29 is 14.3 Å². The van der Waals surface area contributed by atoms with E-state index < -0.39 is 0 Å². The number of nitrogens with zero attached hydrogens (tertiary/aromatic N) is 1. The molecule has 6 heteroatoms. The van der Waals surface area contributed by atoms with E-state index in [0.29, 0.717) is 23.0 Å². The Kier molecular flexibility index (Phi) is 6.24. The Hall–Kier alpha value is -2.24. The van der Waals surface area contributed by atoms with Gasteiger partial charge in [0.25, 0.3) is 0 Å². The molecule has 0 aromatic heterocycles. The maximum atomic E-state index is 12.6. The van der Waals surface area contributed by atoms with Gasteiger partial charge in [-0.1, -0.05) is 23.7 Å². The first-order valence-electron chi connectivity index (χ1n) is 9.04. The minimum Gasteiger partial charge on any atom is -0.497 e. The number of halogens is 1. The lowest BCUT2D eigenvalue weighted by Crippen LogP contribution is -2.33. The lowest BCUT2D eigenvalue weighted by atomic mass is 10.0. The summed E-state index contributed by atoms with van der Waals surface area (Å²) in [6, 6.07) is 11.9. The predicted octanol–water partition coefficient (Wildman–Crippen LogP) is 4.44. The molecular weight excluding hydrogens is 364 g/mol. The number of methoxy groups -OCH3 is 2. The number of ether oxygens (including phenoxy) is 2. The van der Waals surface area contributed by atoms with Gasteiger partial charge in [-0.3, -0.25) is 9.69 Å². The number of nitrogens with one attached hydrogen (secondary N) is 1. The van der Waals surface area contributed by atoms with Crippen molar-refractivity contribution in [2.45, 2.75) is 25.8 Å². The second-order valence-corrected chi connectivity index (χ2v) is 7.16. The molecule has 1 amide bonds. The topological polar surface area (TPSA) is 50.8 Å². The van der Waals surface area contributed by atoms with Crippen molar-refractivity contribution in [3.05, 3.63) is 52.5 Å². The fourth-order valence-corrected chi connectivity index (χ4v) is 3.68. The maximum Gasteiger partial charge on any atom is 0.238 e. The van der Waals surface area contributed by atoms with E-state index >= 15 is 0 Å². The van der Waals surface area contributed by atoms with Crippen molar-refractivity contribution in [2.75, 3.05) is 32.6 Å². The zero-order valence-electron chi connectivity index (χ0n) is 15.9. The molecule has 0 saturated carbocycles. The summed E-state index contributed by atoms with van der Waals surface area (Å²) in [7, 11) is 3.23. The van der Waals surface area contributed by atoms with E-state index in [9.17, 15) is 4.79 Å². The van der Waals surface area contributed by atoms with Gasteiger partial charge < -0.3 is 14.8 Å². The average molecular weight is 389 g/mol. The van der Waals surface area contributed by atoms with E-state index in [0.717, 1.165) is 30.7 Å². The summed E-state index contributed by atoms with van der Waals surface area (Å²) in [6.07, 6.45) is 2.12. The van der Waals surface area contributed by atoms with Crippen LogP contribution in [0.3, 0.4) is 0 Å². The van der Waals surface area contributed by atoms with Gasteiger partial charge in [0.1, 0.15) is 11.5 Å². The first kappa shape index (κ1) is 19.5. The second-order valence-electron chi connectivity index (χ2n) is 6.75. The van der Waals surface area contributed by atoms with E-state index in [1.54, 1.807) is 20.3 Å². The van der Waals surface area contributed by atoms with E-state index in [1.807, 2.05) is 25.1 Å². The van der Waals surface area contributed by atoms with Gasteiger partial charge in [0.2, 0.25) is 5.91 Å². The zero-order valence-corrected chi connectivity index (χ0v) is 16.7. The molecule has 0 radical (unpaired) electrons. The third kappa shape index (κ3) is 4.54. The second kappa shape index (κ2) is 8.63. The fourth-order valence-electron chi connectivity index (χ4n) is 3.52. The average Bonchev–Trinajstić information content (AvgIpc) is 3.12. The van der Waals surface area contributed by atoms with Gasteiger partial charge in [0.15, 0.2) is 0 Å². The molecule has 0 aliphatic carbocycles. The largest absolute Gasteiger partial charge is 0.497 e. The summed E-state index contributed by atoms with van der Waals surface area (Å²) >= 11 is 6.14. The molecule has 1 saturated heterocycles. The van der Waals surface area contributed by atoms with Crippen LogP contribution in [0.1, 0.15) is 30.0 Å². The monoisotopic (exact) mass is 388 g/mol. The highest BCUT2D eigenvalue weighted by atomic mass is 35.5. The highest BCUT2D eigenvalue weighted by molar-refractivity contribution is 6.31. The molecule has 3 rings (SSSR count). The highest BCUT2D eigenvalue weighted by Gasteiger charge is 2.27. The van der Waals surface area contributed by atoms with E-state index in [2.05, 4.69) is 22.3 Å². The van der Waals surface area contributed by atoms with E-state index in [4.69, 9.17) is 21.1 Å². The Bertz CT molecular complexity index is 808. The van der Waals surface area contributed by atoms with Crippen LogP contribution < -0.4 is 14.8 Å². The summed E-state index contributed by atoms with van der Waals surface area (Å²) in [5, 5.41) is 3.58. The molecule has 1 N–H and O–H groups in total. The van der Waals surface area contributed by atoms with Gasteiger partial charge in [-0.2, -0.15) is 0 Å². The Balaban J connectivity index is 1.69. The SMILES string of the molecule is COc1ccc([C@H]2CCCN2CC(=O)Nc2cc(C)c(Cl)cc2OC)cc1. The summed E-state index contributed by atoms with van der Waals surface area (Å²) in [5.41, 5.74) is 2.75. The number of benzene rings is 2. The lowest BCUT2D eigenvalue weighted by molar-refractivity contribution is -0.117. The molecule has 0 spiro atoms. The van der Waals surface area contributed by atoms with Gasteiger partial charge in [0, 0.05) is 17.1 Å². The Labute approximate surface area is 165 Å². The number of hydrogen-bond acceptors (Lipinski definition) is 4. The Morgan fingerprint density at radius 1 is 1.22 bits per heavy atom. The third-order valence-corrected chi connectivity index (χ3v) is 5.37. The van der Waals surface area contributed by atoms with Gasteiger partial charge in [-0.25, -0.2) is 0 Å². The van der Waals surface area contributed by atoms with Gasteiger partial charge >= 0.3 is 0 Å². The van der Waals surface area contributed by atoms with Crippen LogP contribution in [0.4, 0.5) is 5.69 Å². The van der Waals surface area contributed by atoms with Gasteiger partial charge in [-0.05, 0) is 55.6 Å². The van der Waals surface area contributed by atoms with Gasteiger partial charge in [0.05, 0.1) is 26.5 Å². The molecule has 1 heterocycles. The number of likely N-dealkylation sites (tertiary alicyclic amines) is 1. The Morgan fingerprint density at radius 3 is 2.63 bits per heavy atom. The summed E-state index contributed by atoms with van der Waals surface area (Å²) in [5.74, 6) is 1.34. The third-order valence-electron chi connectivity index (χ3n) is 4.97. The van der Waals surface area contributed by atoms with E-state index in [-0.39, 0.29) is 11.9 Å². The quantitative estimate of drug-likeness (QED) is 0.794. The molecule has 1 aliphatic rings. The standard InChI is InChI=1S/C21H25ClN2O3/c1-14-11-18(20(27-3)12-17(14)22)23-21(25)13-24-10-4-5-19(24)15-6-8-16(26-2)9-7-15/h6-9,11-12,19H,4-5,10,13H2,1-3H3,(H,23,25)/t19-/m1/s1. The number of hydrogen-bond donors (Lipinski definition) is 1. The molecule has 2 aromatic carbocycles. The fraction of sp³-hybridized carbons (Fsp3) is 0.381. The smallest absolute Gasteiger partial charge is 0.238 e. The normalized spacial score (nSPS) is 17.0. The summed E-state index contributed by atoms with van der Waals surface area (Å²) in [4.78, 5) is 14.9. The summed E-state index contributed by atoms with van der Waals surface area (Å²) < 4.78 is 10.6. The number of rotatable bonds is 6. The number of amides is 1.